The number of benzene rings is 1. The Hall–Kier alpha value is -2.70. The fourth-order valence-corrected chi connectivity index (χ4v) is 2.99. The summed E-state index contributed by atoms with van der Waals surface area (Å²) in [4.78, 5) is 28.3. The summed E-state index contributed by atoms with van der Waals surface area (Å²) in [6.07, 6.45) is 2.10. The number of aryl methyl sites for hydroxylation is 1. The first-order chi connectivity index (χ1) is 12.7. The monoisotopic (exact) mass is 356 g/mol. The molecular formula is C19H24N4O3. The van der Waals surface area contributed by atoms with Crippen molar-refractivity contribution in [2.75, 3.05) is 31.1 Å². The molecule has 0 bridgehead atoms. The van der Waals surface area contributed by atoms with E-state index in [9.17, 15) is 9.59 Å². The van der Waals surface area contributed by atoms with Crippen molar-refractivity contribution >= 4 is 17.7 Å². The number of carbonyl (C=O) groups is 2. The van der Waals surface area contributed by atoms with Crippen LogP contribution in [-0.4, -0.2) is 53.0 Å². The largest absolute Gasteiger partial charge is 0.408 e. The zero-order valence-electron chi connectivity index (χ0n) is 15.1. The molecule has 0 radical (unpaired) electrons. The molecule has 138 valence electrons. The van der Waals surface area contributed by atoms with Crippen LogP contribution in [0.15, 0.2) is 34.7 Å². The average Bonchev–Trinajstić information content (AvgIpc) is 3.18. The highest BCUT2D eigenvalue weighted by atomic mass is 16.4. The first kappa shape index (κ1) is 18.1. The zero-order valence-corrected chi connectivity index (χ0v) is 15.1. The molecule has 7 heteroatoms. The molecule has 1 aliphatic rings. The standard InChI is InChI=1S/C19H24N4O3/c1-2-17-20-21-19(26-17)23-13-11-22(12-14-23)18(25)10-6-9-16(24)15-7-4-3-5-8-15/h3-5,7-8H,2,6,9-14H2,1H3. The summed E-state index contributed by atoms with van der Waals surface area (Å²) >= 11 is 0. The summed E-state index contributed by atoms with van der Waals surface area (Å²) in [6.45, 7) is 4.60. The predicted octanol–water partition coefficient (Wildman–Crippen LogP) is 2.33. The van der Waals surface area contributed by atoms with Crippen molar-refractivity contribution < 1.29 is 14.0 Å². The third-order valence-corrected chi connectivity index (χ3v) is 4.55. The highest BCUT2D eigenvalue weighted by molar-refractivity contribution is 5.96. The highest BCUT2D eigenvalue weighted by Gasteiger charge is 2.24. The molecule has 3 rings (SSSR count). The molecule has 0 spiro atoms. The van der Waals surface area contributed by atoms with Crippen LogP contribution in [0.5, 0.6) is 0 Å². The highest BCUT2D eigenvalue weighted by Crippen LogP contribution is 2.16. The summed E-state index contributed by atoms with van der Waals surface area (Å²) in [6, 6.07) is 9.74. The van der Waals surface area contributed by atoms with Crippen LogP contribution in [0.1, 0.15) is 42.4 Å². The first-order valence-electron chi connectivity index (χ1n) is 9.10. The second kappa shape index (κ2) is 8.60. The molecule has 1 fully saturated rings. The Balaban J connectivity index is 1.40. The van der Waals surface area contributed by atoms with Crippen LogP contribution in [0, 0.1) is 0 Å². The summed E-state index contributed by atoms with van der Waals surface area (Å²) < 4.78 is 5.56. The number of rotatable bonds is 7. The summed E-state index contributed by atoms with van der Waals surface area (Å²) in [5.41, 5.74) is 0.708. The van der Waals surface area contributed by atoms with Gasteiger partial charge in [-0.2, -0.15) is 0 Å². The number of nitrogens with zero attached hydrogens (tertiary/aromatic N) is 4. The number of aromatic nitrogens is 2. The van der Waals surface area contributed by atoms with Gasteiger partial charge in [-0.3, -0.25) is 9.59 Å². The molecule has 1 aromatic carbocycles. The van der Waals surface area contributed by atoms with Gasteiger partial charge in [0.1, 0.15) is 0 Å². The van der Waals surface area contributed by atoms with Gasteiger partial charge in [0.15, 0.2) is 5.78 Å². The van der Waals surface area contributed by atoms with Crippen LogP contribution in [0.3, 0.4) is 0 Å². The van der Waals surface area contributed by atoms with Crippen molar-refractivity contribution in [3.05, 3.63) is 41.8 Å². The van der Waals surface area contributed by atoms with E-state index in [0.29, 0.717) is 69.3 Å². The minimum absolute atomic E-state index is 0.0892. The first-order valence-corrected chi connectivity index (χ1v) is 9.10. The van der Waals surface area contributed by atoms with Gasteiger partial charge in [-0.15, -0.1) is 5.10 Å². The van der Waals surface area contributed by atoms with Crippen molar-refractivity contribution in [1.29, 1.82) is 0 Å². The lowest BCUT2D eigenvalue weighted by Gasteiger charge is -2.33. The van der Waals surface area contributed by atoms with Crippen molar-refractivity contribution in [2.45, 2.75) is 32.6 Å². The van der Waals surface area contributed by atoms with Crippen LogP contribution in [-0.2, 0) is 11.2 Å². The molecule has 2 aromatic rings. The van der Waals surface area contributed by atoms with Gasteiger partial charge in [0.2, 0.25) is 11.8 Å². The molecule has 7 nitrogen and oxygen atoms in total. The van der Waals surface area contributed by atoms with E-state index in [2.05, 4.69) is 10.2 Å². The molecule has 0 saturated carbocycles. The number of amides is 1. The average molecular weight is 356 g/mol. The number of piperazine rings is 1. The van der Waals surface area contributed by atoms with E-state index in [1.165, 1.54) is 0 Å². The molecule has 1 aromatic heterocycles. The van der Waals surface area contributed by atoms with Gasteiger partial charge in [-0.05, 0) is 6.42 Å². The predicted molar refractivity (Wildman–Crippen MR) is 97.1 cm³/mol. The van der Waals surface area contributed by atoms with Gasteiger partial charge in [-0.25, -0.2) is 0 Å². The molecule has 2 heterocycles. The fraction of sp³-hybridized carbons (Fsp3) is 0.474. The van der Waals surface area contributed by atoms with Crippen molar-refractivity contribution in [2.24, 2.45) is 0 Å². The van der Waals surface area contributed by atoms with Crippen LogP contribution < -0.4 is 4.90 Å². The van der Waals surface area contributed by atoms with Crippen LogP contribution in [0.4, 0.5) is 6.01 Å². The van der Waals surface area contributed by atoms with E-state index in [1.54, 1.807) is 0 Å². The van der Waals surface area contributed by atoms with Gasteiger partial charge in [0, 0.05) is 51.0 Å². The van der Waals surface area contributed by atoms with E-state index in [4.69, 9.17) is 4.42 Å². The van der Waals surface area contributed by atoms with Gasteiger partial charge in [0.05, 0.1) is 0 Å². The minimum Gasteiger partial charge on any atom is -0.408 e. The molecule has 1 aliphatic heterocycles. The molecule has 1 amide bonds. The van der Waals surface area contributed by atoms with Crippen LogP contribution in [0.25, 0.3) is 0 Å². The van der Waals surface area contributed by atoms with Gasteiger partial charge in [-0.1, -0.05) is 42.4 Å². The molecule has 0 N–H and O–H groups in total. The van der Waals surface area contributed by atoms with Crippen LogP contribution in [0.2, 0.25) is 0 Å². The lowest BCUT2D eigenvalue weighted by molar-refractivity contribution is -0.131. The number of carbonyl (C=O) groups excluding carboxylic acids is 2. The Labute approximate surface area is 153 Å². The Morgan fingerprint density at radius 3 is 2.42 bits per heavy atom. The van der Waals surface area contributed by atoms with E-state index in [0.717, 1.165) is 0 Å². The second-order valence-electron chi connectivity index (χ2n) is 6.34. The number of hydrogen-bond acceptors (Lipinski definition) is 6. The van der Waals surface area contributed by atoms with Gasteiger partial charge in [0.25, 0.3) is 0 Å². The Kier molecular flexibility index (Phi) is 5.99. The minimum atomic E-state index is 0.0892. The fourth-order valence-electron chi connectivity index (χ4n) is 2.99. The maximum atomic E-state index is 12.4. The third kappa shape index (κ3) is 4.47. The summed E-state index contributed by atoms with van der Waals surface area (Å²) in [5, 5.41) is 8.02. The SMILES string of the molecule is CCc1nnc(N2CCN(C(=O)CCCC(=O)c3ccccc3)CC2)o1. The van der Waals surface area contributed by atoms with E-state index in [1.807, 2.05) is 47.1 Å². The second-order valence-corrected chi connectivity index (χ2v) is 6.34. The summed E-state index contributed by atoms with van der Waals surface area (Å²) in [5.74, 6) is 0.818. The molecule has 0 aliphatic carbocycles. The number of anilines is 1. The maximum Gasteiger partial charge on any atom is 0.318 e. The quantitative estimate of drug-likeness (QED) is 0.709. The molecular weight excluding hydrogens is 332 g/mol. The molecule has 0 atom stereocenters. The lowest BCUT2D eigenvalue weighted by atomic mass is 10.1. The number of Topliss-reactive ketones (excluding diaryl/α,β-unsaturated/α-hetero) is 1. The number of hydrogen-bond donors (Lipinski definition) is 0. The van der Waals surface area contributed by atoms with Crippen LogP contribution >= 0.6 is 0 Å². The van der Waals surface area contributed by atoms with Crippen molar-refractivity contribution in [3.63, 3.8) is 0 Å². The Morgan fingerprint density at radius 1 is 1.04 bits per heavy atom. The number of ketones is 1. The van der Waals surface area contributed by atoms with E-state index < -0.39 is 0 Å². The van der Waals surface area contributed by atoms with Gasteiger partial charge < -0.3 is 14.2 Å². The van der Waals surface area contributed by atoms with E-state index in [-0.39, 0.29) is 11.7 Å². The zero-order chi connectivity index (χ0) is 18.4. The maximum absolute atomic E-state index is 12.4. The summed E-state index contributed by atoms with van der Waals surface area (Å²) in [7, 11) is 0. The normalized spacial score (nSPS) is 14.5. The molecule has 26 heavy (non-hydrogen) atoms. The topological polar surface area (TPSA) is 79.5 Å². The van der Waals surface area contributed by atoms with Crippen molar-refractivity contribution in [1.82, 2.24) is 15.1 Å². The molecule has 1 saturated heterocycles. The Bertz CT molecular complexity index is 736. The van der Waals surface area contributed by atoms with E-state index >= 15 is 0 Å². The van der Waals surface area contributed by atoms with Gasteiger partial charge >= 0.3 is 6.01 Å². The Morgan fingerprint density at radius 2 is 1.77 bits per heavy atom. The third-order valence-electron chi connectivity index (χ3n) is 4.55. The van der Waals surface area contributed by atoms with Crippen molar-refractivity contribution in [3.8, 4) is 0 Å². The lowest BCUT2D eigenvalue weighted by Crippen LogP contribution is -2.48. The smallest absolute Gasteiger partial charge is 0.318 e. The molecule has 0 unspecified atom stereocenters.